The Balaban J connectivity index is 1.87. The quantitative estimate of drug-likeness (QED) is 0.683. The van der Waals surface area contributed by atoms with Crippen LogP contribution in [0.5, 0.6) is 0 Å². The van der Waals surface area contributed by atoms with Crippen molar-refractivity contribution < 1.29 is 14.3 Å². The summed E-state index contributed by atoms with van der Waals surface area (Å²) < 4.78 is 12.6. The zero-order valence-corrected chi connectivity index (χ0v) is 14.0. The number of hydrogen-bond donors (Lipinski definition) is 0. The first-order valence-corrected chi connectivity index (χ1v) is 8.51. The van der Waals surface area contributed by atoms with Crippen LogP contribution < -0.4 is 0 Å². The molecule has 6 heteroatoms. The van der Waals surface area contributed by atoms with Gasteiger partial charge in [0.1, 0.15) is 0 Å². The number of carbonyl (C=O) groups is 1. The maximum atomic E-state index is 12.0. The van der Waals surface area contributed by atoms with Crippen LogP contribution in [0.1, 0.15) is 42.1 Å². The lowest BCUT2D eigenvalue weighted by atomic mass is 10.1. The van der Waals surface area contributed by atoms with Crippen LogP contribution in [0.3, 0.4) is 0 Å². The standard InChI is InChI=1S/C19H19N3O3/c1-2-24-19(23)15-12-18-20-14(13-7-4-3-5-8-13)11-16(22(18)21-15)17-9-6-10-25-17/h3-5,7-8,11-12,17H,2,6,9-10H2,1H3. The number of benzene rings is 1. The van der Waals surface area contributed by atoms with Crippen molar-refractivity contribution in [1.82, 2.24) is 14.6 Å². The Bertz CT molecular complexity index is 899. The number of carbonyl (C=O) groups excluding carboxylic acids is 1. The first kappa shape index (κ1) is 15.8. The van der Waals surface area contributed by atoms with Gasteiger partial charge in [-0.05, 0) is 25.8 Å². The molecule has 1 atom stereocenters. The number of esters is 1. The van der Waals surface area contributed by atoms with Gasteiger partial charge >= 0.3 is 5.97 Å². The lowest BCUT2D eigenvalue weighted by molar-refractivity contribution is 0.0518. The predicted molar refractivity (Wildman–Crippen MR) is 92.3 cm³/mol. The number of nitrogens with zero attached hydrogens (tertiary/aromatic N) is 3. The Morgan fingerprint density at radius 1 is 1.32 bits per heavy atom. The molecule has 0 saturated carbocycles. The Kier molecular flexibility index (Phi) is 4.19. The third kappa shape index (κ3) is 3.00. The van der Waals surface area contributed by atoms with Crippen molar-refractivity contribution >= 4 is 11.6 Å². The fourth-order valence-electron chi connectivity index (χ4n) is 3.10. The minimum Gasteiger partial charge on any atom is -0.461 e. The van der Waals surface area contributed by atoms with Crippen LogP contribution in [-0.4, -0.2) is 33.8 Å². The Labute approximate surface area is 145 Å². The van der Waals surface area contributed by atoms with E-state index < -0.39 is 5.97 Å². The molecule has 0 spiro atoms. The van der Waals surface area contributed by atoms with Crippen molar-refractivity contribution in [2.75, 3.05) is 13.2 Å². The average molecular weight is 337 g/mol. The minimum atomic E-state index is -0.437. The van der Waals surface area contributed by atoms with E-state index in [-0.39, 0.29) is 11.8 Å². The second kappa shape index (κ2) is 6.64. The summed E-state index contributed by atoms with van der Waals surface area (Å²) in [5.74, 6) is -0.437. The summed E-state index contributed by atoms with van der Waals surface area (Å²) in [5.41, 5.74) is 3.66. The van der Waals surface area contributed by atoms with Gasteiger partial charge in [-0.25, -0.2) is 14.3 Å². The molecule has 0 amide bonds. The molecule has 1 fully saturated rings. The van der Waals surface area contributed by atoms with Gasteiger partial charge in [0.15, 0.2) is 11.3 Å². The molecule has 0 N–H and O–H groups in total. The van der Waals surface area contributed by atoms with E-state index in [4.69, 9.17) is 9.47 Å². The summed E-state index contributed by atoms with van der Waals surface area (Å²) in [7, 11) is 0. The fourth-order valence-corrected chi connectivity index (χ4v) is 3.10. The molecule has 4 rings (SSSR count). The second-order valence-electron chi connectivity index (χ2n) is 5.95. The van der Waals surface area contributed by atoms with Crippen molar-refractivity contribution in [3.8, 4) is 11.3 Å². The molecule has 2 aromatic heterocycles. The van der Waals surface area contributed by atoms with E-state index in [1.165, 1.54) is 0 Å². The van der Waals surface area contributed by atoms with E-state index in [1.807, 2.05) is 36.4 Å². The zero-order chi connectivity index (χ0) is 17.2. The Morgan fingerprint density at radius 2 is 2.16 bits per heavy atom. The van der Waals surface area contributed by atoms with Crippen molar-refractivity contribution in [2.24, 2.45) is 0 Å². The fraction of sp³-hybridized carbons (Fsp3) is 0.316. The maximum absolute atomic E-state index is 12.0. The Hall–Kier alpha value is -2.73. The normalized spacial score (nSPS) is 17.1. The van der Waals surface area contributed by atoms with Crippen molar-refractivity contribution in [1.29, 1.82) is 0 Å². The molecule has 6 nitrogen and oxygen atoms in total. The average Bonchev–Trinajstić information content (AvgIpc) is 3.31. The summed E-state index contributed by atoms with van der Waals surface area (Å²) in [6, 6.07) is 13.6. The number of fused-ring (bicyclic) bond motifs is 1. The molecule has 1 aliphatic rings. The van der Waals surface area contributed by atoms with Crippen LogP contribution >= 0.6 is 0 Å². The van der Waals surface area contributed by atoms with E-state index in [9.17, 15) is 4.79 Å². The molecule has 1 saturated heterocycles. The van der Waals surface area contributed by atoms with E-state index in [1.54, 1.807) is 17.5 Å². The summed E-state index contributed by atoms with van der Waals surface area (Å²) in [5, 5.41) is 4.41. The van der Waals surface area contributed by atoms with Gasteiger partial charge in [-0.15, -0.1) is 0 Å². The highest BCUT2D eigenvalue weighted by atomic mass is 16.5. The van der Waals surface area contributed by atoms with Crippen LogP contribution in [-0.2, 0) is 9.47 Å². The molecule has 128 valence electrons. The van der Waals surface area contributed by atoms with Gasteiger partial charge in [0, 0.05) is 18.2 Å². The maximum Gasteiger partial charge on any atom is 0.358 e. The monoisotopic (exact) mass is 337 g/mol. The van der Waals surface area contributed by atoms with E-state index in [0.717, 1.165) is 36.4 Å². The van der Waals surface area contributed by atoms with Crippen molar-refractivity contribution in [3.05, 3.63) is 53.9 Å². The predicted octanol–water partition coefficient (Wildman–Crippen LogP) is 3.42. The highest BCUT2D eigenvalue weighted by Gasteiger charge is 2.24. The van der Waals surface area contributed by atoms with Crippen LogP contribution in [0, 0.1) is 0 Å². The molecule has 1 aliphatic heterocycles. The molecule has 3 heterocycles. The number of aromatic nitrogens is 3. The van der Waals surface area contributed by atoms with Gasteiger partial charge in [0.25, 0.3) is 0 Å². The van der Waals surface area contributed by atoms with E-state index >= 15 is 0 Å². The SMILES string of the molecule is CCOC(=O)c1cc2nc(-c3ccccc3)cc(C3CCCO3)n2n1. The molecular formula is C19H19N3O3. The van der Waals surface area contributed by atoms with Crippen molar-refractivity contribution in [2.45, 2.75) is 25.9 Å². The van der Waals surface area contributed by atoms with Crippen LogP contribution in [0.15, 0.2) is 42.5 Å². The first-order chi connectivity index (χ1) is 12.3. The molecule has 0 radical (unpaired) electrons. The largest absolute Gasteiger partial charge is 0.461 e. The van der Waals surface area contributed by atoms with Gasteiger partial charge in [0.2, 0.25) is 0 Å². The molecule has 25 heavy (non-hydrogen) atoms. The summed E-state index contributed by atoms with van der Waals surface area (Å²) in [4.78, 5) is 16.7. The van der Waals surface area contributed by atoms with Crippen LogP contribution in [0.25, 0.3) is 16.9 Å². The smallest absolute Gasteiger partial charge is 0.358 e. The minimum absolute atomic E-state index is 0.0390. The molecule has 1 unspecified atom stereocenters. The number of ether oxygens (including phenoxy) is 2. The van der Waals surface area contributed by atoms with Crippen molar-refractivity contribution in [3.63, 3.8) is 0 Å². The second-order valence-corrected chi connectivity index (χ2v) is 5.95. The van der Waals surface area contributed by atoms with Gasteiger partial charge < -0.3 is 9.47 Å². The molecule has 1 aromatic carbocycles. The van der Waals surface area contributed by atoms with E-state index in [0.29, 0.717) is 12.3 Å². The molecular weight excluding hydrogens is 318 g/mol. The molecule has 3 aromatic rings. The summed E-state index contributed by atoms with van der Waals surface area (Å²) in [6.45, 7) is 2.83. The first-order valence-electron chi connectivity index (χ1n) is 8.51. The molecule has 0 bridgehead atoms. The van der Waals surface area contributed by atoms with Gasteiger partial charge in [0.05, 0.1) is 24.1 Å². The third-order valence-corrected chi connectivity index (χ3v) is 4.27. The van der Waals surface area contributed by atoms with Crippen LogP contribution in [0.2, 0.25) is 0 Å². The lowest BCUT2D eigenvalue weighted by Crippen LogP contribution is -2.09. The lowest BCUT2D eigenvalue weighted by Gasteiger charge is -2.13. The number of rotatable bonds is 4. The van der Waals surface area contributed by atoms with Gasteiger partial charge in [-0.3, -0.25) is 0 Å². The zero-order valence-electron chi connectivity index (χ0n) is 14.0. The highest BCUT2D eigenvalue weighted by molar-refractivity contribution is 5.88. The summed E-state index contributed by atoms with van der Waals surface area (Å²) in [6.07, 6.45) is 1.91. The highest BCUT2D eigenvalue weighted by Crippen LogP contribution is 2.31. The third-order valence-electron chi connectivity index (χ3n) is 4.27. The van der Waals surface area contributed by atoms with Gasteiger partial charge in [-0.1, -0.05) is 30.3 Å². The Morgan fingerprint density at radius 3 is 2.88 bits per heavy atom. The number of hydrogen-bond acceptors (Lipinski definition) is 5. The summed E-state index contributed by atoms with van der Waals surface area (Å²) >= 11 is 0. The topological polar surface area (TPSA) is 65.7 Å². The van der Waals surface area contributed by atoms with Crippen LogP contribution in [0.4, 0.5) is 0 Å². The van der Waals surface area contributed by atoms with Gasteiger partial charge in [-0.2, -0.15) is 5.10 Å². The molecule has 0 aliphatic carbocycles. The van der Waals surface area contributed by atoms with E-state index in [2.05, 4.69) is 10.1 Å².